The summed E-state index contributed by atoms with van der Waals surface area (Å²) >= 11 is 0. The lowest BCUT2D eigenvalue weighted by atomic mass is 10.1. The van der Waals surface area contributed by atoms with Gasteiger partial charge in [0.25, 0.3) is 11.8 Å². The highest BCUT2D eigenvalue weighted by molar-refractivity contribution is 6.22. The second-order valence-corrected chi connectivity index (χ2v) is 4.10. The first-order chi connectivity index (χ1) is 9.38. The van der Waals surface area contributed by atoms with Crippen LogP contribution in [0.4, 0.5) is 8.78 Å². The molecular weight excluding hydrogens is 276 g/mol. The minimum absolute atomic E-state index is 0.365. The monoisotopic (exact) mass is 285 g/mol. The lowest BCUT2D eigenvalue weighted by Crippen LogP contribution is -2.47. The SMILES string of the molecule is COCC(C(=O)O)N1C(=O)c2cc(F)c(F)cc2C1=O. The standard InChI is InChI=1S/C12H9F2NO5/c1-20-4-9(12(18)19)15-10(16)5-2-7(13)8(14)3-6(5)11(15)17/h2-3,9H,4H2,1H3,(H,18,19). The van der Waals surface area contributed by atoms with Crippen LogP contribution in [-0.2, 0) is 9.53 Å². The van der Waals surface area contributed by atoms with Crippen molar-refractivity contribution in [1.29, 1.82) is 0 Å². The molecule has 1 aliphatic rings. The number of nitrogens with zero attached hydrogens (tertiary/aromatic N) is 1. The lowest BCUT2D eigenvalue weighted by Gasteiger charge is -2.21. The van der Waals surface area contributed by atoms with E-state index in [-0.39, 0.29) is 11.1 Å². The van der Waals surface area contributed by atoms with Crippen LogP contribution >= 0.6 is 0 Å². The summed E-state index contributed by atoms with van der Waals surface area (Å²) in [5.74, 6) is -6.01. The van der Waals surface area contributed by atoms with Crippen molar-refractivity contribution in [2.75, 3.05) is 13.7 Å². The van der Waals surface area contributed by atoms with Gasteiger partial charge in [-0.15, -0.1) is 0 Å². The Morgan fingerprint density at radius 3 is 2.05 bits per heavy atom. The molecule has 1 unspecified atom stereocenters. The highest BCUT2D eigenvalue weighted by Gasteiger charge is 2.43. The highest BCUT2D eigenvalue weighted by atomic mass is 19.2. The van der Waals surface area contributed by atoms with Crippen molar-refractivity contribution < 1.29 is 33.0 Å². The number of halogens is 2. The molecule has 1 heterocycles. The van der Waals surface area contributed by atoms with Gasteiger partial charge in [-0.05, 0) is 12.1 Å². The van der Waals surface area contributed by atoms with Crippen LogP contribution in [0.3, 0.4) is 0 Å². The molecule has 20 heavy (non-hydrogen) atoms. The maximum atomic E-state index is 13.1. The first kappa shape index (κ1) is 14.1. The molecule has 0 saturated heterocycles. The topological polar surface area (TPSA) is 83.9 Å². The third-order valence-corrected chi connectivity index (χ3v) is 2.88. The van der Waals surface area contributed by atoms with Crippen molar-refractivity contribution in [3.05, 3.63) is 34.9 Å². The van der Waals surface area contributed by atoms with Gasteiger partial charge in [0, 0.05) is 7.11 Å². The largest absolute Gasteiger partial charge is 0.480 e. The van der Waals surface area contributed by atoms with E-state index in [1.807, 2.05) is 0 Å². The smallest absolute Gasteiger partial charge is 0.329 e. The summed E-state index contributed by atoms with van der Waals surface area (Å²) in [6.45, 7) is -0.425. The molecule has 0 radical (unpaired) electrons. The lowest BCUT2D eigenvalue weighted by molar-refractivity contribution is -0.143. The Labute approximate surface area is 111 Å². The zero-order valence-electron chi connectivity index (χ0n) is 10.2. The molecule has 1 aromatic rings. The van der Waals surface area contributed by atoms with Crippen LogP contribution < -0.4 is 0 Å². The third kappa shape index (κ3) is 2.03. The van der Waals surface area contributed by atoms with E-state index in [0.29, 0.717) is 17.0 Å². The Bertz CT molecular complexity index is 575. The number of carbonyl (C=O) groups is 3. The van der Waals surface area contributed by atoms with E-state index in [4.69, 9.17) is 5.11 Å². The summed E-state index contributed by atoms with van der Waals surface area (Å²) in [5, 5.41) is 9.01. The van der Waals surface area contributed by atoms with E-state index >= 15 is 0 Å². The van der Waals surface area contributed by atoms with Crippen molar-refractivity contribution >= 4 is 17.8 Å². The summed E-state index contributed by atoms with van der Waals surface area (Å²) < 4.78 is 30.9. The van der Waals surface area contributed by atoms with Crippen LogP contribution in [0, 0.1) is 11.6 Å². The minimum atomic E-state index is -1.56. The van der Waals surface area contributed by atoms with Gasteiger partial charge >= 0.3 is 5.97 Å². The maximum absolute atomic E-state index is 13.1. The summed E-state index contributed by atoms with van der Waals surface area (Å²) in [4.78, 5) is 35.5. The Hall–Kier alpha value is -2.35. The Morgan fingerprint density at radius 2 is 1.70 bits per heavy atom. The van der Waals surface area contributed by atoms with Gasteiger partial charge in [0.05, 0.1) is 17.7 Å². The average Bonchev–Trinajstić information content (AvgIpc) is 2.60. The van der Waals surface area contributed by atoms with E-state index in [9.17, 15) is 23.2 Å². The molecule has 106 valence electrons. The van der Waals surface area contributed by atoms with Crippen LogP contribution in [0.25, 0.3) is 0 Å². The fourth-order valence-electron chi connectivity index (χ4n) is 1.95. The molecule has 8 heteroatoms. The summed E-state index contributed by atoms with van der Waals surface area (Å²) in [7, 11) is 1.20. The second-order valence-electron chi connectivity index (χ2n) is 4.10. The maximum Gasteiger partial charge on any atom is 0.329 e. The summed E-state index contributed by atoms with van der Waals surface area (Å²) in [6, 6.07) is -0.397. The first-order valence-electron chi connectivity index (χ1n) is 5.47. The van der Waals surface area contributed by atoms with Crippen molar-refractivity contribution in [3.63, 3.8) is 0 Å². The number of carboxylic acids is 1. The van der Waals surface area contributed by atoms with Gasteiger partial charge in [0.1, 0.15) is 0 Å². The molecule has 1 aromatic carbocycles. The zero-order valence-corrected chi connectivity index (χ0v) is 10.2. The van der Waals surface area contributed by atoms with Gasteiger partial charge in [-0.2, -0.15) is 0 Å². The predicted octanol–water partition coefficient (Wildman–Crippen LogP) is 0.660. The Balaban J connectivity index is 2.48. The van der Waals surface area contributed by atoms with Crippen molar-refractivity contribution in [3.8, 4) is 0 Å². The number of hydrogen-bond donors (Lipinski definition) is 1. The van der Waals surface area contributed by atoms with Gasteiger partial charge in [-0.1, -0.05) is 0 Å². The second kappa shape index (κ2) is 4.97. The molecule has 0 saturated carbocycles. The van der Waals surface area contributed by atoms with E-state index in [1.165, 1.54) is 7.11 Å². The molecule has 0 aromatic heterocycles. The van der Waals surface area contributed by atoms with Crippen LogP contribution in [0.2, 0.25) is 0 Å². The molecule has 2 rings (SSSR count). The van der Waals surface area contributed by atoms with Crippen molar-refractivity contribution in [2.24, 2.45) is 0 Å². The van der Waals surface area contributed by atoms with Gasteiger partial charge < -0.3 is 9.84 Å². The highest BCUT2D eigenvalue weighted by Crippen LogP contribution is 2.27. The zero-order chi connectivity index (χ0) is 15.0. The number of carboxylic acid groups (broad SMARTS) is 1. The molecule has 1 aliphatic heterocycles. The molecule has 0 aliphatic carbocycles. The van der Waals surface area contributed by atoms with Gasteiger partial charge in [0.15, 0.2) is 17.7 Å². The molecule has 1 atom stereocenters. The molecule has 0 fully saturated rings. The number of methoxy groups -OCH3 is 1. The van der Waals surface area contributed by atoms with Crippen LogP contribution in [0.5, 0.6) is 0 Å². The molecule has 0 spiro atoms. The van der Waals surface area contributed by atoms with Crippen molar-refractivity contribution in [1.82, 2.24) is 4.90 Å². The van der Waals surface area contributed by atoms with Crippen LogP contribution in [0.1, 0.15) is 20.7 Å². The Morgan fingerprint density at radius 1 is 1.25 bits per heavy atom. The first-order valence-corrected chi connectivity index (χ1v) is 5.47. The normalized spacial score (nSPS) is 15.4. The number of fused-ring (bicyclic) bond motifs is 1. The molecule has 1 N–H and O–H groups in total. The van der Waals surface area contributed by atoms with Crippen LogP contribution in [-0.4, -0.2) is 47.5 Å². The quantitative estimate of drug-likeness (QED) is 0.822. The van der Waals surface area contributed by atoms with E-state index < -0.39 is 42.1 Å². The molecular formula is C12H9F2NO5. The van der Waals surface area contributed by atoms with Gasteiger partial charge in [-0.25, -0.2) is 13.6 Å². The number of benzene rings is 1. The number of aliphatic carboxylic acids is 1. The summed E-state index contributed by atoms with van der Waals surface area (Å²) in [5.41, 5.74) is -0.729. The van der Waals surface area contributed by atoms with Gasteiger partial charge in [-0.3, -0.25) is 14.5 Å². The van der Waals surface area contributed by atoms with Crippen LogP contribution in [0.15, 0.2) is 12.1 Å². The third-order valence-electron chi connectivity index (χ3n) is 2.88. The fourth-order valence-corrected chi connectivity index (χ4v) is 1.95. The van der Waals surface area contributed by atoms with E-state index in [0.717, 1.165) is 0 Å². The number of hydrogen-bond acceptors (Lipinski definition) is 4. The van der Waals surface area contributed by atoms with E-state index in [1.54, 1.807) is 0 Å². The average molecular weight is 285 g/mol. The van der Waals surface area contributed by atoms with Crippen molar-refractivity contribution in [2.45, 2.75) is 6.04 Å². The number of carbonyl (C=O) groups excluding carboxylic acids is 2. The summed E-state index contributed by atoms with van der Waals surface area (Å²) in [6.07, 6.45) is 0. The fraction of sp³-hybridized carbons (Fsp3) is 0.250. The number of imide groups is 1. The molecule has 2 amide bonds. The minimum Gasteiger partial charge on any atom is -0.480 e. The molecule has 0 bridgehead atoms. The Kier molecular flexibility index (Phi) is 3.49. The number of rotatable bonds is 4. The number of ether oxygens (including phenoxy) is 1. The van der Waals surface area contributed by atoms with Gasteiger partial charge in [0.2, 0.25) is 0 Å². The molecule has 6 nitrogen and oxygen atoms in total. The number of amides is 2. The van der Waals surface area contributed by atoms with E-state index in [2.05, 4.69) is 4.74 Å². The predicted molar refractivity (Wildman–Crippen MR) is 60.2 cm³/mol.